The van der Waals surface area contributed by atoms with Crippen LogP contribution in [0.5, 0.6) is 0 Å². The van der Waals surface area contributed by atoms with Crippen molar-refractivity contribution in [3.8, 4) is 0 Å². The van der Waals surface area contributed by atoms with E-state index in [1.165, 1.54) is 43.6 Å². The van der Waals surface area contributed by atoms with Crippen molar-refractivity contribution < 1.29 is 19.1 Å². The second-order valence-corrected chi connectivity index (χ2v) is 4.68. The second kappa shape index (κ2) is 7.37. The Bertz CT molecular complexity index is 747. The molecule has 0 aliphatic carbocycles. The number of aromatic nitrogens is 1. The maximum atomic E-state index is 11.8. The molecule has 8 heteroatoms. The van der Waals surface area contributed by atoms with Crippen LogP contribution in [-0.4, -0.2) is 29.9 Å². The molecule has 0 aliphatic heterocycles. The largest absolute Gasteiger partial charge is 0.465 e. The fourth-order valence-electron chi connectivity index (χ4n) is 1.65. The number of hydrogen-bond acceptors (Lipinski definition) is 5. The number of benzene rings is 1. The van der Waals surface area contributed by atoms with Gasteiger partial charge in [-0.3, -0.25) is 9.59 Å². The Hall–Kier alpha value is -2.93. The molecule has 1 aromatic heterocycles. The molecule has 0 fully saturated rings. The maximum Gasteiger partial charge on any atom is 0.337 e. The third kappa shape index (κ3) is 4.27. The second-order valence-electron chi connectivity index (χ2n) is 4.32. The lowest BCUT2D eigenvalue weighted by molar-refractivity contribution is -0.133. The van der Waals surface area contributed by atoms with Crippen LogP contribution in [0.2, 0.25) is 5.15 Å². The number of rotatable bonds is 3. The number of carbonyl (C=O) groups excluding carboxylic acids is 3. The Kier molecular flexibility index (Phi) is 5.27. The van der Waals surface area contributed by atoms with Crippen molar-refractivity contribution in [3.05, 3.63) is 53.3 Å². The highest BCUT2D eigenvalue weighted by Crippen LogP contribution is 2.17. The van der Waals surface area contributed by atoms with E-state index < -0.39 is 17.8 Å². The number of esters is 1. The number of nitrogens with one attached hydrogen (secondary N) is 2. The van der Waals surface area contributed by atoms with E-state index in [1.807, 2.05) is 0 Å². The Balaban J connectivity index is 2.00. The van der Waals surface area contributed by atoms with Gasteiger partial charge in [0.2, 0.25) is 0 Å². The molecule has 0 spiro atoms. The number of hydrogen-bond donors (Lipinski definition) is 2. The molecular formula is C15H12ClN3O4. The third-order valence-electron chi connectivity index (χ3n) is 2.78. The molecule has 7 nitrogen and oxygen atoms in total. The van der Waals surface area contributed by atoms with E-state index in [2.05, 4.69) is 20.4 Å². The van der Waals surface area contributed by atoms with E-state index in [0.717, 1.165) is 0 Å². The highest BCUT2D eigenvalue weighted by atomic mass is 35.5. The summed E-state index contributed by atoms with van der Waals surface area (Å²) in [6, 6.07) is 8.99. The summed E-state index contributed by atoms with van der Waals surface area (Å²) in [4.78, 5) is 38.7. The standard InChI is InChI=1S/C15H12ClN3O4/c1-23-15(22)9-4-6-10(7-5-9)18-13(20)14(21)19-11-3-2-8-17-12(11)16/h2-8H,1H3,(H,18,20)(H,19,21). The lowest BCUT2D eigenvalue weighted by Gasteiger charge is -2.07. The van der Waals surface area contributed by atoms with Gasteiger partial charge in [0.25, 0.3) is 0 Å². The number of methoxy groups -OCH3 is 1. The van der Waals surface area contributed by atoms with Gasteiger partial charge >= 0.3 is 17.8 Å². The fraction of sp³-hybridized carbons (Fsp3) is 0.0667. The van der Waals surface area contributed by atoms with Crippen molar-refractivity contribution in [1.29, 1.82) is 0 Å². The zero-order chi connectivity index (χ0) is 16.8. The van der Waals surface area contributed by atoms with Crippen molar-refractivity contribution in [2.45, 2.75) is 0 Å². The van der Waals surface area contributed by atoms with E-state index in [0.29, 0.717) is 11.3 Å². The van der Waals surface area contributed by atoms with E-state index >= 15 is 0 Å². The predicted molar refractivity (Wildman–Crippen MR) is 84.3 cm³/mol. The van der Waals surface area contributed by atoms with Gasteiger partial charge < -0.3 is 15.4 Å². The highest BCUT2D eigenvalue weighted by Gasteiger charge is 2.16. The molecule has 0 saturated heterocycles. The molecule has 0 radical (unpaired) electrons. The van der Waals surface area contributed by atoms with Crippen molar-refractivity contribution in [2.75, 3.05) is 17.7 Å². The van der Waals surface area contributed by atoms with Crippen molar-refractivity contribution >= 4 is 40.8 Å². The lowest BCUT2D eigenvalue weighted by atomic mass is 10.2. The Labute approximate surface area is 136 Å². The van der Waals surface area contributed by atoms with Crippen LogP contribution in [0.4, 0.5) is 11.4 Å². The molecular weight excluding hydrogens is 322 g/mol. The average Bonchev–Trinajstić information content (AvgIpc) is 2.56. The number of pyridine rings is 1. The van der Waals surface area contributed by atoms with Gasteiger partial charge in [0, 0.05) is 11.9 Å². The van der Waals surface area contributed by atoms with E-state index in [4.69, 9.17) is 11.6 Å². The summed E-state index contributed by atoms with van der Waals surface area (Å²) in [6.07, 6.45) is 1.46. The van der Waals surface area contributed by atoms with Crippen LogP contribution in [0, 0.1) is 0 Å². The normalized spacial score (nSPS) is 9.83. The molecule has 0 aliphatic rings. The first-order valence-corrected chi connectivity index (χ1v) is 6.80. The Morgan fingerprint density at radius 2 is 1.70 bits per heavy atom. The molecule has 0 unspecified atom stereocenters. The minimum absolute atomic E-state index is 0.0797. The minimum Gasteiger partial charge on any atom is -0.465 e. The fourth-order valence-corrected chi connectivity index (χ4v) is 1.82. The molecule has 0 bridgehead atoms. The van der Waals surface area contributed by atoms with Crippen LogP contribution >= 0.6 is 11.6 Å². The summed E-state index contributed by atoms with van der Waals surface area (Å²) in [5.74, 6) is -2.26. The molecule has 2 N–H and O–H groups in total. The number of halogens is 1. The maximum absolute atomic E-state index is 11.8. The Morgan fingerprint density at radius 3 is 2.30 bits per heavy atom. The van der Waals surface area contributed by atoms with E-state index in [1.54, 1.807) is 6.07 Å². The first-order valence-electron chi connectivity index (χ1n) is 6.42. The lowest BCUT2D eigenvalue weighted by Crippen LogP contribution is -2.29. The van der Waals surface area contributed by atoms with Gasteiger partial charge in [-0.05, 0) is 36.4 Å². The van der Waals surface area contributed by atoms with Crippen LogP contribution in [0.25, 0.3) is 0 Å². The van der Waals surface area contributed by atoms with Crippen LogP contribution < -0.4 is 10.6 Å². The molecule has 2 aromatic rings. The summed E-state index contributed by atoms with van der Waals surface area (Å²) in [7, 11) is 1.27. The zero-order valence-electron chi connectivity index (χ0n) is 12.0. The van der Waals surface area contributed by atoms with E-state index in [9.17, 15) is 14.4 Å². The molecule has 23 heavy (non-hydrogen) atoms. The van der Waals surface area contributed by atoms with Crippen LogP contribution in [0.1, 0.15) is 10.4 Å². The topological polar surface area (TPSA) is 97.4 Å². The van der Waals surface area contributed by atoms with Crippen molar-refractivity contribution in [2.24, 2.45) is 0 Å². The average molecular weight is 334 g/mol. The molecule has 0 saturated carbocycles. The van der Waals surface area contributed by atoms with Gasteiger partial charge in [0.1, 0.15) is 0 Å². The Morgan fingerprint density at radius 1 is 1.04 bits per heavy atom. The molecule has 2 rings (SSSR count). The highest BCUT2D eigenvalue weighted by molar-refractivity contribution is 6.44. The third-order valence-corrected chi connectivity index (χ3v) is 3.08. The van der Waals surface area contributed by atoms with Gasteiger partial charge in [-0.25, -0.2) is 9.78 Å². The number of carbonyl (C=O) groups is 3. The summed E-state index contributed by atoms with van der Waals surface area (Å²) in [6.45, 7) is 0. The molecule has 2 amide bonds. The quantitative estimate of drug-likeness (QED) is 0.509. The minimum atomic E-state index is -0.892. The van der Waals surface area contributed by atoms with Crippen LogP contribution in [0.3, 0.4) is 0 Å². The number of amides is 2. The van der Waals surface area contributed by atoms with Gasteiger partial charge in [-0.1, -0.05) is 11.6 Å². The summed E-state index contributed by atoms with van der Waals surface area (Å²) >= 11 is 5.79. The first-order chi connectivity index (χ1) is 11.0. The SMILES string of the molecule is COC(=O)c1ccc(NC(=O)C(=O)Nc2cccnc2Cl)cc1. The molecule has 0 atom stereocenters. The summed E-state index contributed by atoms with van der Waals surface area (Å²) in [5.41, 5.74) is 0.919. The first kappa shape index (κ1) is 16.4. The van der Waals surface area contributed by atoms with Crippen LogP contribution in [-0.2, 0) is 14.3 Å². The zero-order valence-corrected chi connectivity index (χ0v) is 12.8. The monoisotopic (exact) mass is 333 g/mol. The number of nitrogens with zero attached hydrogens (tertiary/aromatic N) is 1. The smallest absolute Gasteiger partial charge is 0.337 e. The molecule has 1 heterocycles. The van der Waals surface area contributed by atoms with Crippen molar-refractivity contribution in [1.82, 2.24) is 4.98 Å². The van der Waals surface area contributed by atoms with Crippen LogP contribution in [0.15, 0.2) is 42.6 Å². The summed E-state index contributed by atoms with van der Waals surface area (Å²) < 4.78 is 4.56. The molecule has 118 valence electrons. The number of ether oxygens (including phenoxy) is 1. The molecule has 1 aromatic carbocycles. The predicted octanol–water partition coefficient (Wildman–Crippen LogP) is 2.10. The van der Waals surface area contributed by atoms with Gasteiger partial charge in [0.05, 0.1) is 18.4 Å². The van der Waals surface area contributed by atoms with Gasteiger partial charge in [-0.2, -0.15) is 0 Å². The van der Waals surface area contributed by atoms with E-state index in [-0.39, 0.29) is 10.8 Å². The van der Waals surface area contributed by atoms with Crippen molar-refractivity contribution in [3.63, 3.8) is 0 Å². The number of anilines is 2. The van der Waals surface area contributed by atoms with Gasteiger partial charge in [-0.15, -0.1) is 0 Å². The summed E-state index contributed by atoms with van der Waals surface area (Å²) in [5, 5.41) is 4.83. The van der Waals surface area contributed by atoms with Gasteiger partial charge in [0.15, 0.2) is 5.15 Å².